The van der Waals surface area contributed by atoms with E-state index < -0.39 is 15.9 Å². The number of H-pyrrole nitrogens is 1. The van der Waals surface area contributed by atoms with Crippen LogP contribution in [0.4, 0.5) is 16.3 Å². The predicted molar refractivity (Wildman–Crippen MR) is 131 cm³/mol. The average molecular weight is 501 g/mol. The van der Waals surface area contributed by atoms with E-state index in [1.165, 1.54) is 11.8 Å². The number of carbonyl (C=O) groups is 1. The number of alkyl carbamates (subject to hydrolysis) is 1. The minimum absolute atomic E-state index is 0.0369. The Morgan fingerprint density at radius 2 is 2.21 bits per heavy atom. The van der Waals surface area contributed by atoms with Gasteiger partial charge in [0.15, 0.2) is 0 Å². The van der Waals surface area contributed by atoms with Crippen molar-refractivity contribution in [3.63, 3.8) is 0 Å². The number of sulfone groups is 1. The number of aryl methyl sites for hydroxylation is 1. The van der Waals surface area contributed by atoms with E-state index in [1.54, 1.807) is 23.9 Å². The van der Waals surface area contributed by atoms with Crippen LogP contribution in [0.5, 0.6) is 0 Å². The number of nitrogens with zero attached hydrogens (tertiary/aromatic N) is 3. The second-order valence-corrected chi connectivity index (χ2v) is 11.7. The molecule has 1 atom stereocenters. The highest BCUT2D eigenvalue weighted by atomic mass is 32.2. The minimum Gasteiger partial charge on any atom is -0.446 e. The molecule has 3 N–H and O–H groups in total. The summed E-state index contributed by atoms with van der Waals surface area (Å²) in [5.41, 5.74) is 3.08. The molecule has 1 unspecified atom stereocenters. The number of rotatable bonds is 7. The van der Waals surface area contributed by atoms with E-state index in [0.717, 1.165) is 43.9 Å². The van der Waals surface area contributed by atoms with E-state index in [1.807, 2.05) is 18.2 Å². The number of anilines is 2. The first-order valence-electron chi connectivity index (χ1n) is 10.9. The Morgan fingerprint density at radius 1 is 1.32 bits per heavy atom. The zero-order valence-corrected chi connectivity index (χ0v) is 20.1. The van der Waals surface area contributed by atoms with Gasteiger partial charge in [0.05, 0.1) is 22.9 Å². The van der Waals surface area contributed by atoms with Crippen LogP contribution in [0.15, 0.2) is 30.7 Å². The summed E-state index contributed by atoms with van der Waals surface area (Å²) < 4.78 is 28.0. The molecule has 1 aromatic carbocycles. The molecular formula is C22H24N6O4S2. The van der Waals surface area contributed by atoms with Crippen LogP contribution < -0.4 is 10.6 Å². The van der Waals surface area contributed by atoms with Crippen molar-refractivity contribution < 1.29 is 17.9 Å². The Balaban J connectivity index is 1.27. The van der Waals surface area contributed by atoms with Gasteiger partial charge in [-0.1, -0.05) is 0 Å². The molecule has 12 heteroatoms. The molecule has 34 heavy (non-hydrogen) atoms. The van der Waals surface area contributed by atoms with Crippen LogP contribution in [0.3, 0.4) is 0 Å². The molecule has 0 radical (unpaired) electrons. The third-order valence-corrected chi connectivity index (χ3v) is 7.93. The first-order chi connectivity index (χ1) is 16.4. The topological polar surface area (TPSA) is 139 Å². The molecule has 1 aliphatic rings. The average Bonchev–Trinajstić information content (AvgIpc) is 3.40. The number of aromatic amines is 1. The molecule has 0 spiro atoms. The van der Waals surface area contributed by atoms with Gasteiger partial charge in [-0.25, -0.2) is 23.2 Å². The van der Waals surface area contributed by atoms with Gasteiger partial charge in [-0.05, 0) is 43.0 Å². The van der Waals surface area contributed by atoms with Crippen molar-refractivity contribution in [1.29, 1.82) is 0 Å². The molecule has 0 aliphatic heterocycles. The number of fused-ring (bicyclic) bond motifs is 4. The molecule has 10 nitrogen and oxygen atoms in total. The van der Waals surface area contributed by atoms with Crippen molar-refractivity contribution in [3.8, 4) is 0 Å². The van der Waals surface area contributed by atoms with Gasteiger partial charge < -0.3 is 15.4 Å². The number of nitrogens with one attached hydrogen (secondary N) is 3. The van der Waals surface area contributed by atoms with Crippen molar-refractivity contribution in [2.24, 2.45) is 0 Å². The van der Waals surface area contributed by atoms with Crippen LogP contribution in [0.1, 0.15) is 23.3 Å². The Labute approximate surface area is 200 Å². The van der Waals surface area contributed by atoms with Crippen LogP contribution in [0.25, 0.3) is 21.1 Å². The Morgan fingerprint density at radius 3 is 3.06 bits per heavy atom. The summed E-state index contributed by atoms with van der Waals surface area (Å²) in [6, 6.07) is 5.97. The zero-order chi connectivity index (χ0) is 23.7. The summed E-state index contributed by atoms with van der Waals surface area (Å²) in [5.74, 6) is 0.795. The number of amides is 1. The highest BCUT2D eigenvalue weighted by molar-refractivity contribution is 7.90. The smallest absolute Gasteiger partial charge is 0.407 e. The fraction of sp³-hybridized carbons (Fsp3) is 0.364. The molecule has 4 aromatic rings. The van der Waals surface area contributed by atoms with Crippen LogP contribution in [-0.2, 0) is 27.4 Å². The predicted octanol–water partition coefficient (Wildman–Crippen LogP) is 3.33. The fourth-order valence-corrected chi connectivity index (χ4v) is 6.07. The second kappa shape index (κ2) is 9.18. The van der Waals surface area contributed by atoms with Gasteiger partial charge in [-0.3, -0.25) is 5.10 Å². The lowest BCUT2D eigenvalue weighted by Crippen LogP contribution is -2.32. The SMILES string of the molecule is CS(=O)(=O)CCCNC(=O)OC1CCc2c(sc3ncnc(Nc4ccc5[nH]ncc5c4)c23)C1. The van der Waals surface area contributed by atoms with Gasteiger partial charge in [-0.15, -0.1) is 11.3 Å². The summed E-state index contributed by atoms with van der Waals surface area (Å²) >= 11 is 1.60. The number of aromatic nitrogens is 4. The number of thiophene rings is 1. The quantitative estimate of drug-likeness (QED) is 0.328. The summed E-state index contributed by atoms with van der Waals surface area (Å²) in [7, 11) is -3.04. The Bertz CT molecular complexity index is 1460. The monoisotopic (exact) mass is 500 g/mol. The fourth-order valence-electron chi connectivity index (χ4n) is 4.15. The van der Waals surface area contributed by atoms with Gasteiger partial charge >= 0.3 is 6.09 Å². The summed E-state index contributed by atoms with van der Waals surface area (Å²) in [5, 5.41) is 15.1. The highest BCUT2D eigenvalue weighted by Gasteiger charge is 2.27. The van der Waals surface area contributed by atoms with Crippen LogP contribution in [-0.4, -0.2) is 59.3 Å². The van der Waals surface area contributed by atoms with Crippen molar-refractivity contribution in [2.45, 2.75) is 31.8 Å². The number of ether oxygens (including phenoxy) is 1. The van der Waals surface area contributed by atoms with Gasteiger partial charge in [0.1, 0.15) is 32.9 Å². The molecule has 1 amide bonds. The molecular weight excluding hydrogens is 476 g/mol. The molecule has 0 fully saturated rings. The van der Waals surface area contributed by atoms with E-state index in [0.29, 0.717) is 19.3 Å². The van der Waals surface area contributed by atoms with Gasteiger partial charge in [0.25, 0.3) is 0 Å². The maximum atomic E-state index is 12.1. The number of hydrogen-bond donors (Lipinski definition) is 3. The van der Waals surface area contributed by atoms with Gasteiger partial charge in [0, 0.05) is 35.2 Å². The lowest BCUT2D eigenvalue weighted by Gasteiger charge is -2.22. The van der Waals surface area contributed by atoms with Crippen molar-refractivity contribution in [3.05, 3.63) is 41.2 Å². The van der Waals surface area contributed by atoms with E-state index in [9.17, 15) is 13.2 Å². The third kappa shape index (κ3) is 4.97. The lowest BCUT2D eigenvalue weighted by molar-refractivity contribution is 0.0904. The summed E-state index contributed by atoms with van der Waals surface area (Å²) in [6.07, 6.45) is 6.21. The lowest BCUT2D eigenvalue weighted by atomic mass is 9.94. The second-order valence-electron chi connectivity index (χ2n) is 8.38. The third-order valence-electron chi connectivity index (χ3n) is 5.74. The minimum atomic E-state index is -3.04. The van der Waals surface area contributed by atoms with Crippen molar-refractivity contribution in [1.82, 2.24) is 25.5 Å². The Hall–Kier alpha value is -3.25. The largest absolute Gasteiger partial charge is 0.446 e. The maximum Gasteiger partial charge on any atom is 0.407 e. The standard InChI is InChI=1S/C22H24N6O4S2/c1-34(30,31)8-2-7-23-22(29)32-15-4-5-16-18(10-15)33-21-19(16)20(24-12-25-21)27-14-3-6-17-13(9-14)11-26-28-17/h3,6,9,11-12,15H,2,4-5,7-8,10H2,1H3,(H,23,29)(H,26,28)(H,24,25,27). The summed E-state index contributed by atoms with van der Waals surface area (Å²) in [6.45, 7) is 0.266. The van der Waals surface area contributed by atoms with Crippen molar-refractivity contribution in [2.75, 3.05) is 23.9 Å². The van der Waals surface area contributed by atoms with Crippen molar-refractivity contribution >= 4 is 59.9 Å². The zero-order valence-electron chi connectivity index (χ0n) is 18.5. The summed E-state index contributed by atoms with van der Waals surface area (Å²) in [4.78, 5) is 23.1. The first kappa shape index (κ1) is 22.5. The molecule has 0 saturated carbocycles. The molecule has 3 heterocycles. The molecule has 5 rings (SSSR count). The number of hydrogen-bond acceptors (Lipinski definition) is 9. The van der Waals surface area contributed by atoms with E-state index in [-0.39, 0.29) is 18.4 Å². The molecule has 0 bridgehead atoms. The number of carbonyl (C=O) groups excluding carboxylic acids is 1. The van der Waals surface area contributed by atoms with Crippen LogP contribution >= 0.6 is 11.3 Å². The highest BCUT2D eigenvalue weighted by Crippen LogP contribution is 2.39. The van der Waals surface area contributed by atoms with E-state index in [4.69, 9.17) is 4.74 Å². The first-order valence-corrected chi connectivity index (χ1v) is 13.8. The molecule has 0 saturated heterocycles. The number of benzene rings is 1. The van der Waals surface area contributed by atoms with Gasteiger partial charge in [0.2, 0.25) is 0 Å². The molecule has 1 aliphatic carbocycles. The van der Waals surface area contributed by atoms with E-state index >= 15 is 0 Å². The van der Waals surface area contributed by atoms with Gasteiger partial charge in [-0.2, -0.15) is 5.10 Å². The normalized spacial score (nSPS) is 15.9. The van der Waals surface area contributed by atoms with Crippen LogP contribution in [0.2, 0.25) is 0 Å². The Kier molecular flexibility index (Phi) is 6.09. The molecule has 3 aromatic heterocycles. The van der Waals surface area contributed by atoms with E-state index in [2.05, 4.69) is 30.8 Å². The molecule has 178 valence electrons. The van der Waals surface area contributed by atoms with Crippen LogP contribution in [0, 0.1) is 0 Å². The maximum absolute atomic E-state index is 12.1.